The summed E-state index contributed by atoms with van der Waals surface area (Å²) in [4.78, 5) is 14.3. The number of carbonyl (C=O) groups excluding carboxylic acids is 1. The third kappa shape index (κ3) is 2.43. The van der Waals surface area contributed by atoms with Crippen molar-refractivity contribution in [3.05, 3.63) is 36.0 Å². The van der Waals surface area contributed by atoms with Crippen LogP contribution in [0.1, 0.15) is 18.4 Å². The van der Waals surface area contributed by atoms with Gasteiger partial charge in [-0.3, -0.25) is 4.79 Å². The Morgan fingerprint density at radius 3 is 2.85 bits per heavy atom. The predicted molar refractivity (Wildman–Crippen MR) is 78.4 cm³/mol. The molecule has 1 aromatic heterocycles. The summed E-state index contributed by atoms with van der Waals surface area (Å²) in [6.07, 6.45) is 4.59. The minimum atomic E-state index is 0.0395. The lowest BCUT2D eigenvalue weighted by Gasteiger charge is -2.21. The molecule has 1 N–H and O–H groups in total. The molecule has 4 nitrogen and oxygen atoms in total. The largest absolute Gasteiger partial charge is 0.395 e. The van der Waals surface area contributed by atoms with E-state index in [2.05, 4.69) is 16.7 Å². The molecule has 1 aliphatic rings. The molecule has 20 heavy (non-hydrogen) atoms. The summed E-state index contributed by atoms with van der Waals surface area (Å²) < 4.78 is 2.06. The van der Waals surface area contributed by atoms with Crippen molar-refractivity contribution in [2.75, 3.05) is 13.2 Å². The van der Waals surface area contributed by atoms with Gasteiger partial charge in [-0.2, -0.15) is 0 Å². The first kappa shape index (κ1) is 13.2. The number of nitrogens with zero attached hydrogens (tertiary/aromatic N) is 2. The molecule has 3 rings (SSSR count). The van der Waals surface area contributed by atoms with E-state index in [1.54, 1.807) is 0 Å². The lowest BCUT2D eigenvalue weighted by molar-refractivity contribution is -0.131. The van der Waals surface area contributed by atoms with Crippen LogP contribution >= 0.6 is 0 Å². The molecule has 1 heterocycles. The van der Waals surface area contributed by atoms with E-state index < -0.39 is 0 Å². The van der Waals surface area contributed by atoms with E-state index in [1.165, 1.54) is 0 Å². The Morgan fingerprint density at radius 2 is 2.15 bits per heavy atom. The van der Waals surface area contributed by atoms with Crippen molar-refractivity contribution >= 4 is 16.8 Å². The second-order valence-corrected chi connectivity index (χ2v) is 5.50. The number of hydrogen-bond acceptors (Lipinski definition) is 2. The SMILES string of the molecule is Cn1cc(CC(=O)N(CCO)C2CC2)c2ccccc21. The van der Waals surface area contributed by atoms with E-state index in [-0.39, 0.29) is 12.5 Å². The number of benzene rings is 1. The number of amides is 1. The number of aliphatic hydroxyl groups excluding tert-OH is 1. The smallest absolute Gasteiger partial charge is 0.227 e. The second-order valence-electron chi connectivity index (χ2n) is 5.50. The lowest BCUT2D eigenvalue weighted by Crippen LogP contribution is -2.36. The van der Waals surface area contributed by atoms with Gasteiger partial charge in [-0.05, 0) is 24.5 Å². The number of para-hydroxylation sites is 1. The normalized spacial score (nSPS) is 14.7. The number of hydrogen-bond donors (Lipinski definition) is 1. The van der Waals surface area contributed by atoms with Crippen LogP contribution in [0, 0.1) is 0 Å². The predicted octanol–water partition coefficient (Wildman–Crippen LogP) is 1.70. The summed E-state index contributed by atoms with van der Waals surface area (Å²) >= 11 is 0. The van der Waals surface area contributed by atoms with Crippen molar-refractivity contribution < 1.29 is 9.90 Å². The number of carbonyl (C=O) groups is 1. The highest BCUT2D eigenvalue weighted by Gasteiger charge is 2.32. The van der Waals surface area contributed by atoms with E-state index >= 15 is 0 Å². The summed E-state index contributed by atoms with van der Waals surface area (Å²) in [7, 11) is 2.00. The Morgan fingerprint density at radius 1 is 1.40 bits per heavy atom. The van der Waals surface area contributed by atoms with Gasteiger partial charge >= 0.3 is 0 Å². The first-order valence-electron chi connectivity index (χ1n) is 7.14. The van der Waals surface area contributed by atoms with Crippen LogP contribution in [0.5, 0.6) is 0 Å². The van der Waals surface area contributed by atoms with Gasteiger partial charge < -0.3 is 14.6 Å². The zero-order valence-electron chi connectivity index (χ0n) is 11.7. The van der Waals surface area contributed by atoms with Crippen molar-refractivity contribution in [1.82, 2.24) is 9.47 Å². The van der Waals surface area contributed by atoms with Crippen LogP contribution < -0.4 is 0 Å². The van der Waals surface area contributed by atoms with Crippen LogP contribution in [0.4, 0.5) is 0 Å². The number of rotatable bonds is 5. The number of fused-ring (bicyclic) bond motifs is 1. The van der Waals surface area contributed by atoms with E-state index in [0.29, 0.717) is 19.0 Å². The average molecular weight is 272 g/mol. The summed E-state index contributed by atoms with van der Waals surface area (Å²) in [6, 6.07) is 8.49. The van der Waals surface area contributed by atoms with E-state index in [1.807, 2.05) is 30.3 Å². The molecular weight excluding hydrogens is 252 g/mol. The second kappa shape index (κ2) is 5.29. The van der Waals surface area contributed by atoms with Crippen molar-refractivity contribution in [2.45, 2.75) is 25.3 Å². The summed E-state index contributed by atoms with van der Waals surface area (Å²) in [5.74, 6) is 0.123. The summed E-state index contributed by atoms with van der Waals surface area (Å²) in [5.41, 5.74) is 2.21. The maximum absolute atomic E-state index is 12.4. The molecule has 1 aliphatic carbocycles. The standard InChI is InChI=1S/C16H20N2O2/c1-17-11-12(14-4-2-3-5-15(14)17)10-16(20)18(8-9-19)13-6-7-13/h2-5,11,13,19H,6-10H2,1H3. The topological polar surface area (TPSA) is 45.5 Å². The van der Waals surface area contributed by atoms with Gasteiger partial charge in [0.25, 0.3) is 0 Å². The van der Waals surface area contributed by atoms with E-state index in [9.17, 15) is 4.79 Å². The number of aromatic nitrogens is 1. The number of aryl methyl sites for hydroxylation is 1. The van der Waals surface area contributed by atoms with Crippen molar-refractivity contribution in [1.29, 1.82) is 0 Å². The van der Waals surface area contributed by atoms with E-state index in [0.717, 1.165) is 29.3 Å². The quantitative estimate of drug-likeness (QED) is 0.900. The molecule has 0 aliphatic heterocycles. The monoisotopic (exact) mass is 272 g/mol. The van der Waals surface area contributed by atoms with Gasteiger partial charge in [0.1, 0.15) is 0 Å². The fourth-order valence-electron chi connectivity index (χ4n) is 2.84. The summed E-state index contributed by atoms with van der Waals surface area (Å²) in [6.45, 7) is 0.492. The van der Waals surface area contributed by atoms with Crippen molar-refractivity contribution in [3.8, 4) is 0 Å². The molecule has 4 heteroatoms. The Kier molecular flexibility index (Phi) is 3.49. The fraction of sp³-hybridized carbons (Fsp3) is 0.438. The molecule has 0 unspecified atom stereocenters. The van der Waals surface area contributed by atoms with Gasteiger partial charge in [0.15, 0.2) is 0 Å². The average Bonchev–Trinajstić information content (AvgIpc) is 3.23. The third-order valence-electron chi connectivity index (χ3n) is 3.97. The Bertz CT molecular complexity index is 628. The molecule has 0 spiro atoms. The zero-order valence-corrected chi connectivity index (χ0v) is 11.7. The van der Waals surface area contributed by atoms with Crippen LogP contribution in [0.25, 0.3) is 10.9 Å². The molecule has 2 aromatic rings. The van der Waals surface area contributed by atoms with Crippen LogP contribution in [0.15, 0.2) is 30.5 Å². The molecule has 1 amide bonds. The van der Waals surface area contributed by atoms with Gasteiger partial charge in [-0.25, -0.2) is 0 Å². The highest BCUT2D eigenvalue weighted by Crippen LogP contribution is 2.28. The third-order valence-corrected chi connectivity index (χ3v) is 3.97. The van der Waals surface area contributed by atoms with Gasteiger partial charge in [0.05, 0.1) is 13.0 Å². The first-order chi connectivity index (χ1) is 9.70. The Labute approximate surface area is 118 Å². The molecule has 0 bridgehead atoms. The van der Waals surface area contributed by atoms with Gasteiger partial charge in [-0.15, -0.1) is 0 Å². The fourth-order valence-corrected chi connectivity index (χ4v) is 2.84. The molecule has 1 fully saturated rings. The number of aliphatic hydroxyl groups is 1. The molecule has 106 valence electrons. The Balaban J connectivity index is 1.83. The van der Waals surface area contributed by atoms with Crippen molar-refractivity contribution in [2.24, 2.45) is 7.05 Å². The minimum Gasteiger partial charge on any atom is -0.395 e. The maximum Gasteiger partial charge on any atom is 0.227 e. The van der Waals surface area contributed by atoms with Crippen LogP contribution in [-0.2, 0) is 18.3 Å². The zero-order chi connectivity index (χ0) is 14.1. The molecule has 1 saturated carbocycles. The molecule has 0 radical (unpaired) electrons. The first-order valence-corrected chi connectivity index (χ1v) is 7.14. The molecular formula is C16H20N2O2. The van der Waals surface area contributed by atoms with Crippen LogP contribution in [-0.4, -0.2) is 39.7 Å². The van der Waals surface area contributed by atoms with Crippen molar-refractivity contribution in [3.63, 3.8) is 0 Å². The highest BCUT2D eigenvalue weighted by molar-refractivity contribution is 5.89. The van der Waals surface area contributed by atoms with Gasteiger partial charge in [-0.1, -0.05) is 18.2 Å². The molecule has 0 atom stereocenters. The van der Waals surface area contributed by atoms with Gasteiger partial charge in [0.2, 0.25) is 5.91 Å². The maximum atomic E-state index is 12.4. The van der Waals surface area contributed by atoms with Gasteiger partial charge in [0, 0.05) is 36.7 Å². The lowest BCUT2D eigenvalue weighted by atomic mass is 10.1. The van der Waals surface area contributed by atoms with Crippen LogP contribution in [0.3, 0.4) is 0 Å². The highest BCUT2D eigenvalue weighted by atomic mass is 16.3. The van der Waals surface area contributed by atoms with Crippen LogP contribution in [0.2, 0.25) is 0 Å². The molecule has 0 saturated heterocycles. The Hall–Kier alpha value is -1.81. The molecule has 1 aromatic carbocycles. The minimum absolute atomic E-state index is 0.0395. The summed E-state index contributed by atoms with van der Waals surface area (Å²) in [5, 5.41) is 10.2. The van der Waals surface area contributed by atoms with E-state index in [4.69, 9.17) is 5.11 Å².